The Labute approximate surface area is 176 Å². The van der Waals surface area contributed by atoms with Crippen LogP contribution in [-0.2, 0) is 9.59 Å². The Morgan fingerprint density at radius 2 is 1.90 bits per heavy atom. The lowest BCUT2D eigenvalue weighted by molar-refractivity contribution is -0.135. The van der Waals surface area contributed by atoms with Gasteiger partial charge in [0.05, 0.1) is 19.2 Å². The lowest BCUT2D eigenvalue weighted by atomic mass is 10.0. The number of para-hydroxylation sites is 1. The molecule has 0 radical (unpaired) electrons. The van der Waals surface area contributed by atoms with Gasteiger partial charge in [0.1, 0.15) is 5.75 Å². The number of hydrazone groups is 1. The molecule has 2 aromatic rings. The number of nitrogens with one attached hydrogen (secondary N) is 1. The van der Waals surface area contributed by atoms with Crippen LogP contribution in [0.25, 0.3) is 0 Å². The third kappa shape index (κ3) is 5.83. The number of carbonyl (C=O) groups excluding carboxylic acids is 2. The minimum absolute atomic E-state index is 0.000815. The van der Waals surface area contributed by atoms with Crippen molar-refractivity contribution in [1.29, 1.82) is 0 Å². The van der Waals surface area contributed by atoms with Crippen molar-refractivity contribution < 1.29 is 23.8 Å². The monoisotopic (exact) mass is 410 g/mol. The molecule has 7 nitrogen and oxygen atoms in total. The number of methoxy groups -OCH3 is 1. The average Bonchev–Trinajstić information content (AvgIpc) is 3.59. The highest BCUT2D eigenvalue weighted by Gasteiger charge is 2.32. The molecule has 7 heteroatoms. The summed E-state index contributed by atoms with van der Waals surface area (Å²) in [6.07, 6.45) is 3.23. The number of nitrogens with zero attached hydrogens (tertiary/aromatic N) is 1. The molecule has 1 N–H and O–H groups in total. The summed E-state index contributed by atoms with van der Waals surface area (Å²) in [7, 11) is 1.50. The quantitative estimate of drug-likeness (QED) is 0.295. The molecule has 158 valence electrons. The Morgan fingerprint density at radius 3 is 2.60 bits per heavy atom. The first kappa shape index (κ1) is 21.4. The van der Waals surface area contributed by atoms with Crippen molar-refractivity contribution in [2.75, 3.05) is 13.7 Å². The van der Waals surface area contributed by atoms with Crippen LogP contribution in [0.5, 0.6) is 17.2 Å². The fraction of sp³-hybridized carbons (Fsp3) is 0.348. The van der Waals surface area contributed by atoms with Gasteiger partial charge in [-0.25, -0.2) is 5.43 Å². The predicted octanol–water partition coefficient (Wildman–Crippen LogP) is 3.66. The van der Waals surface area contributed by atoms with Crippen LogP contribution in [0.15, 0.2) is 47.6 Å². The highest BCUT2D eigenvalue weighted by atomic mass is 16.6. The molecule has 0 unspecified atom stereocenters. The number of hydrogen-bond acceptors (Lipinski definition) is 6. The maximum absolute atomic E-state index is 12.0. The molecule has 0 heterocycles. The van der Waals surface area contributed by atoms with Gasteiger partial charge in [0.15, 0.2) is 18.1 Å². The van der Waals surface area contributed by atoms with Crippen LogP contribution >= 0.6 is 0 Å². The summed E-state index contributed by atoms with van der Waals surface area (Å²) >= 11 is 0. The topological polar surface area (TPSA) is 86.2 Å². The van der Waals surface area contributed by atoms with Gasteiger partial charge < -0.3 is 14.2 Å². The van der Waals surface area contributed by atoms with E-state index in [1.165, 1.54) is 13.3 Å². The molecule has 0 bridgehead atoms. The van der Waals surface area contributed by atoms with E-state index in [4.69, 9.17) is 14.2 Å². The smallest absolute Gasteiger partial charge is 0.314 e. The lowest BCUT2D eigenvalue weighted by Crippen LogP contribution is -2.24. The van der Waals surface area contributed by atoms with Gasteiger partial charge >= 0.3 is 5.97 Å². The molecule has 1 aliphatic carbocycles. The molecule has 0 spiro atoms. The second-order valence-electron chi connectivity index (χ2n) is 7.38. The maximum atomic E-state index is 12.0. The fourth-order valence-electron chi connectivity index (χ4n) is 2.80. The van der Waals surface area contributed by atoms with E-state index >= 15 is 0 Å². The average molecular weight is 410 g/mol. The Kier molecular flexibility index (Phi) is 7.06. The van der Waals surface area contributed by atoms with Crippen molar-refractivity contribution in [3.05, 3.63) is 53.6 Å². The molecule has 0 aliphatic heterocycles. The van der Waals surface area contributed by atoms with Gasteiger partial charge in [0.25, 0.3) is 5.91 Å². The van der Waals surface area contributed by atoms with Crippen molar-refractivity contribution in [2.45, 2.75) is 32.6 Å². The number of hydrogen-bond donors (Lipinski definition) is 1. The Balaban J connectivity index is 1.53. The number of benzene rings is 2. The van der Waals surface area contributed by atoms with E-state index in [0.29, 0.717) is 28.7 Å². The van der Waals surface area contributed by atoms with E-state index in [0.717, 1.165) is 18.4 Å². The molecular formula is C23H26N2O5. The first-order valence-corrected chi connectivity index (χ1v) is 9.91. The molecule has 0 aromatic heterocycles. The molecule has 1 amide bonds. The molecule has 2 aromatic carbocycles. The first-order chi connectivity index (χ1) is 14.5. The normalized spacial score (nSPS) is 13.3. The number of ether oxygens (including phenoxy) is 3. The molecule has 1 aliphatic rings. The molecule has 0 atom stereocenters. The van der Waals surface area contributed by atoms with Gasteiger partial charge in [-0.15, -0.1) is 0 Å². The van der Waals surface area contributed by atoms with E-state index < -0.39 is 0 Å². The molecule has 3 rings (SSSR count). The van der Waals surface area contributed by atoms with E-state index in [1.54, 1.807) is 18.2 Å². The summed E-state index contributed by atoms with van der Waals surface area (Å²) in [6, 6.07) is 12.7. The van der Waals surface area contributed by atoms with Crippen molar-refractivity contribution >= 4 is 18.1 Å². The second-order valence-corrected chi connectivity index (χ2v) is 7.38. The van der Waals surface area contributed by atoms with Crippen molar-refractivity contribution in [1.82, 2.24) is 5.43 Å². The van der Waals surface area contributed by atoms with Crippen LogP contribution in [0.4, 0.5) is 0 Å². The van der Waals surface area contributed by atoms with Gasteiger partial charge in [0.2, 0.25) is 0 Å². The summed E-state index contributed by atoms with van der Waals surface area (Å²) in [5.74, 6) is 1.17. The van der Waals surface area contributed by atoms with E-state index in [-0.39, 0.29) is 24.4 Å². The van der Waals surface area contributed by atoms with Gasteiger partial charge in [-0.3, -0.25) is 9.59 Å². The third-order valence-electron chi connectivity index (χ3n) is 4.61. The molecule has 0 saturated heterocycles. The number of amides is 1. The zero-order valence-corrected chi connectivity index (χ0v) is 17.4. The zero-order chi connectivity index (χ0) is 21.5. The van der Waals surface area contributed by atoms with Crippen LogP contribution in [-0.4, -0.2) is 31.8 Å². The van der Waals surface area contributed by atoms with E-state index in [1.807, 2.05) is 24.3 Å². The van der Waals surface area contributed by atoms with Gasteiger partial charge in [0, 0.05) is 0 Å². The van der Waals surface area contributed by atoms with Gasteiger partial charge in [-0.05, 0) is 54.2 Å². The standard InChI is InChI=1S/C23H26N2O5/c1-15(2)18-6-4-5-7-19(18)29-14-22(26)25-24-13-16-8-11-20(21(12-16)28-3)30-23(27)17-9-10-17/h4-8,11-13,15,17H,9-10,14H2,1-3H3,(H,25,26). The Hall–Kier alpha value is -3.35. The van der Waals surface area contributed by atoms with Crippen molar-refractivity contribution in [3.8, 4) is 17.2 Å². The van der Waals surface area contributed by atoms with Crippen LogP contribution in [0.1, 0.15) is 43.7 Å². The lowest BCUT2D eigenvalue weighted by Gasteiger charge is -2.13. The predicted molar refractivity (Wildman–Crippen MR) is 113 cm³/mol. The van der Waals surface area contributed by atoms with Gasteiger partial charge in [-0.2, -0.15) is 5.10 Å². The summed E-state index contributed by atoms with van der Waals surface area (Å²) in [5, 5.41) is 3.95. The summed E-state index contributed by atoms with van der Waals surface area (Å²) in [5.41, 5.74) is 4.17. The highest BCUT2D eigenvalue weighted by Crippen LogP contribution is 2.34. The molecule has 1 saturated carbocycles. The third-order valence-corrected chi connectivity index (χ3v) is 4.61. The Bertz CT molecular complexity index is 935. The maximum Gasteiger partial charge on any atom is 0.314 e. The van der Waals surface area contributed by atoms with Crippen LogP contribution in [0.3, 0.4) is 0 Å². The van der Waals surface area contributed by atoms with Crippen LogP contribution in [0, 0.1) is 5.92 Å². The van der Waals surface area contributed by atoms with E-state index in [9.17, 15) is 9.59 Å². The first-order valence-electron chi connectivity index (χ1n) is 9.91. The summed E-state index contributed by atoms with van der Waals surface area (Å²) < 4.78 is 16.3. The summed E-state index contributed by atoms with van der Waals surface area (Å²) in [4.78, 5) is 23.9. The fourth-order valence-corrected chi connectivity index (χ4v) is 2.80. The number of esters is 1. The second kappa shape index (κ2) is 9.91. The van der Waals surface area contributed by atoms with Crippen LogP contribution < -0.4 is 19.6 Å². The minimum Gasteiger partial charge on any atom is -0.493 e. The molecule has 30 heavy (non-hydrogen) atoms. The van der Waals surface area contributed by atoms with Crippen molar-refractivity contribution in [3.63, 3.8) is 0 Å². The number of rotatable bonds is 9. The molecular weight excluding hydrogens is 384 g/mol. The zero-order valence-electron chi connectivity index (χ0n) is 17.4. The van der Waals surface area contributed by atoms with Crippen molar-refractivity contribution in [2.24, 2.45) is 11.0 Å². The summed E-state index contributed by atoms with van der Waals surface area (Å²) in [6.45, 7) is 4.00. The SMILES string of the molecule is COc1cc(C=NNC(=O)COc2ccccc2C(C)C)ccc1OC(=O)C1CC1. The largest absolute Gasteiger partial charge is 0.493 e. The number of carbonyl (C=O) groups is 2. The Morgan fingerprint density at radius 1 is 1.13 bits per heavy atom. The minimum atomic E-state index is -0.369. The van der Waals surface area contributed by atoms with Crippen LogP contribution in [0.2, 0.25) is 0 Å². The van der Waals surface area contributed by atoms with Gasteiger partial charge in [-0.1, -0.05) is 32.0 Å². The van der Waals surface area contributed by atoms with E-state index in [2.05, 4.69) is 24.4 Å². The highest BCUT2D eigenvalue weighted by molar-refractivity contribution is 5.84. The molecule has 1 fully saturated rings.